The standard InChI is InChI=1S/C34H41F5N2O3/c1-21(42)41-15-3-14-40(16-17-41)20-22-4-6-23(7-5-22)28-19-31(2)29(12-13-32(31,44)33(35,36)34(37,38)39)27-10-8-24-18-25(43)9-11-26(24)30(27)28/h4-7,18,27-29,44H,3,8-17,19-20H2,1-2H3/t27-,28+,29-,31-,32+/m0/s1. The van der Waals surface area contributed by atoms with E-state index in [0.717, 1.165) is 53.9 Å². The summed E-state index contributed by atoms with van der Waals surface area (Å²) in [6.07, 6.45) is -1.79. The molecule has 2 saturated carbocycles. The minimum Gasteiger partial charge on any atom is -0.383 e. The third-order valence-electron chi connectivity index (χ3n) is 11.6. The molecule has 44 heavy (non-hydrogen) atoms. The SMILES string of the molecule is CC(=O)N1CCCN(Cc2ccc([C@H]3C[C@@]4(C)[C@@H](CC[C@]4(O)C(F)(F)C(F)(F)F)[C@@H]4CCC5=CC(=O)CCC5=C43)cc2)CC1. The Bertz CT molecular complexity index is 1390. The van der Waals surface area contributed by atoms with E-state index in [0.29, 0.717) is 38.8 Å². The molecule has 1 heterocycles. The number of benzene rings is 1. The fourth-order valence-electron chi connectivity index (χ4n) is 9.27. The van der Waals surface area contributed by atoms with E-state index >= 15 is 8.78 Å². The van der Waals surface area contributed by atoms with E-state index in [-0.39, 0.29) is 30.4 Å². The number of allylic oxidation sites excluding steroid dienone is 4. The van der Waals surface area contributed by atoms with Crippen molar-refractivity contribution in [3.63, 3.8) is 0 Å². The van der Waals surface area contributed by atoms with Crippen LogP contribution in [-0.2, 0) is 16.1 Å². The van der Waals surface area contributed by atoms with Crippen molar-refractivity contribution in [2.45, 2.75) is 95.4 Å². The van der Waals surface area contributed by atoms with Gasteiger partial charge in [-0.3, -0.25) is 14.5 Å². The zero-order chi connectivity index (χ0) is 31.7. The van der Waals surface area contributed by atoms with Crippen LogP contribution >= 0.6 is 0 Å². The summed E-state index contributed by atoms with van der Waals surface area (Å²) in [7, 11) is 0. The van der Waals surface area contributed by atoms with Crippen molar-refractivity contribution in [1.29, 1.82) is 0 Å². The summed E-state index contributed by atoms with van der Waals surface area (Å²) in [6, 6.07) is 7.89. The summed E-state index contributed by atoms with van der Waals surface area (Å²) in [6.45, 7) is 6.71. The number of hydrogen-bond donors (Lipinski definition) is 1. The molecule has 5 aliphatic rings. The molecule has 0 unspecified atom stereocenters. The summed E-state index contributed by atoms with van der Waals surface area (Å²) < 4.78 is 71.9. The van der Waals surface area contributed by atoms with Gasteiger partial charge in [-0.1, -0.05) is 36.8 Å². The summed E-state index contributed by atoms with van der Waals surface area (Å²) >= 11 is 0. The number of amides is 1. The van der Waals surface area contributed by atoms with Crippen LogP contribution in [0.4, 0.5) is 22.0 Å². The number of ketones is 1. The van der Waals surface area contributed by atoms with Crippen molar-refractivity contribution in [1.82, 2.24) is 9.80 Å². The fraction of sp³-hybridized carbons (Fsp3) is 0.647. The van der Waals surface area contributed by atoms with Gasteiger partial charge in [-0.25, -0.2) is 0 Å². The van der Waals surface area contributed by atoms with Crippen LogP contribution in [-0.4, -0.2) is 70.5 Å². The van der Waals surface area contributed by atoms with E-state index in [1.165, 1.54) is 6.92 Å². The highest BCUT2D eigenvalue weighted by molar-refractivity contribution is 5.93. The van der Waals surface area contributed by atoms with Gasteiger partial charge in [0.2, 0.25) is 5.91 Å². The Hall–Kier alpha value is -2.59. The number of nitrogens with zero attached hydrogens (tertiary/aromatic N) is 2. The molecule has 1 aromatic rings. The maximum atomic E-state index is 15.2. The average Bonchev–Trinajstić information content (AvgIpc) is 3.09. The molecule has 3 fully saturated rings. The van der Waals surface area contributed by atoms with Crippen molar-refractivity contribution < 1.29 is 36.6 Å². The van der Waals surface area contributed by atoms with Crippen LogP contribution in [0.5, 0.6) is 0 Å². The van der Waals surface area contributed by atoms with Crippen molar-refractivity contribution in [3.8, 4) is 0 Å². The van der Waals surface area contributed by atoms with Crippen molar-refractivity contribution in [2.75, 3.05) is 26.2 Å². The lowest BCUT2D eigenvalue weighted by atomic mass is 9.50. The maximum Gasteiger partial charge on any atom is 0.456 e. The van der Waals surface area contributed by atoms with Crippen LogP contribution < -0.4 is 0 Å². The minimum absolute atomic E-state index is 0.0251. The second-order valence-corrected chi connectivity index (χ2v) is 13.8. The highest BCUT2D eigenvalue weighted by Gasteiger charge is 2.79. The highest BCUT2D eigenvalue weighted by atomic mass is 19.4. The Labute approximate surface area is 255 Å². The second-order valence-electron chi connectivity index (χ2n) is 13.8. The number of alkyl halides is 5. The van der Waals surface area contributed by atoms with Gasteiger partial charge >= 0.3 is 12.1 Å². The molecule has 0 aromatic heterocycles. The highest BCUT2D eigenvalue weighted by Crippen LogP contribution is 2.70. The number of rotatable bonds is 4. The summed E-state index contributed by atoms with van der Waals surface area (Å²) in [5.41, 5.74) is 0.111. The molecule has 0 spiro atoms. The molecule has 6 rings (SSSR count). The number of halogens is 5. The molecule has 0 bridgehead atoms. The largest absolute Gasteiger partial charge is 0.456 e. The zero-order valence-electron chi connectivity index (χ0n) is 25.4. The maximum absolute atomic E-state index is 15.2. The normalized spacial score (nSPS) is 33.4. The van der Waals surface area contributed by atoms with E-state index in [4.69, 9.17) is 0 Å². The summed E-state index contributed by atoms with van der Waals surface area (Å²) in [5, 5.41) is 11.5. The molecule has 1 aromatic carbocycles. The quantitative estimate of drug-likeness (QED) is 0.387. The first-order valence-electron chi connectivity index (χ1n) is 15.9. The van der Waals surface area contributed by atoms with E-state index in [2.05, 4.69) is 4.90 Å². The molecule has 4 aliphatic carbocycles. The predicted octanol–water partition coefficient (Wildman–Crippen LogP) is 6.57. The van der Waals surface area contributed by atoms with Crippen LogP contribution in [0.3, 0.4) is 0 Å². The number of fused-ring (bicyclic) bond motifs is 4. The van der Waals surface area contributed by atoms with Gasteiger partial charge in [-0.05, 0) is 85.1 Å². The van der Waals surface area contributed by atoms with E-state index in [1.807, 2.05) is 29.2 Å². The van der Waals surface area contributed by atoms with E-state index < -0.39 is 41.4 Å². The van der Waals surface area contributed by atoms with Gasteiger partial charge in [0.15, 0.2) is 5.78 Å². The molecule has 0 radical (unpaired) electrons. The van der Waals surface area contributed by atoms with Crippen LogP contribution in [0.1, 0.15) is 82.3 Å². The van der Waals surface area contributed by atoms with Gasteiger partial charge in [0, 0.05) is 57.4 Å². The molecular weight excluding hydrogens is 579 g/mol. The first-order chi connectivity index (χ1) is 20.7. The molecule has 5 atom stereocenters. The first kappa shape index (κ1) is 31.4. The number of hydrogen-bond acceptors (Lipinski definition) is 4. The molecule has 1 N–H and O–H groups in total. The number of carbonyl (C=O) groups excluding carboxylic acids is 2. The summed E-state index contributed by atoms with van der Waals surface area (Å²) in [4.78, 5) is 28.2. The lowest BCUT2D eigenvalue weighted by molar-refractivity contribution is -0.362. The topological polar surface area (TPSA) is 60.9 Å². The van der Waals surface area contributed by atoms with Gasteiger partial charge in [0.25, 0.3) is 0 Å². The average molecular weight is 621 g/mol. The van der Waals surface area contributed by atoms with Gasteiger partial charge in [0.05, 0.1) is 0 Å². The van der Waals surface area contributed by atoms with Crippen LogP contribution in [0.2, 0.25) is 0 Å². The second kappa shape index (κ2) is 11.0. The number of aliphatic hydroxyl groups is 1. The van der Waals surface area contributed by atoms with Crippen LogP contribution in [0.25, 0.3) is 0 Å². The Kier molecular flexibility index (Phi) is 7.88. The molecule has 10 heteroatoms. The van der Waals surface area contributed by atoms with Gasteiger partial charge < -0.3 is 10.0 Å². The zero-order valence-corrected chi connectivity index (χ0v) is 25.4. The predicted molar refractivity (Wildman–Crippen MR) is 155 cm³/mol. The first-order valence-corrected chi connectivity index (χ1v) is 15.9. The monoisotopic (exact) mass is 620 g/mol. The van der Waals surface area contributed by atoms with Crippen molar-refractivity contribution in [3.05, 3.63) is 58.2 Å². The smallest absolute Gasteiger partial charge is 0.383 e. The van der Waals surface area contributed by atoms with Gasteiger partial charge in [-0.2, -0.15) is 22.0 Å². The lowest BCUT2D eigenvalue weighted by Crippen LogP contribution is -2.65. The third-order valence-corrected chi connectivity index (χ3v) is 11.6. The van der Waals surface area contributed by atoms with E-state index in [1.54, 1.807) is 13.0 Å². The van der Waals surface area contributed by atoms with Crippen LogP contribution in [0, 0.1) is 17.3 Å². The number of carbonyl (C=O) groups is 2. The van der Waals surface area contributed by atoms with Gasteiger partial charge in [0.1, 0.15) is 5.60 Å². The van der Waals surface area contributed by atoms with Crippen LogP contribution in [0.15, 0.2) is 47.1 Å². The molecular formula is C34H41F5N2O3. The van der Waals surface area contributed by atoms with E-state index in [9.17, 15) is 27.9 Å². The molecule has 1 saturated heterocycles. The Balaban J connectivity index is 1.35. The van der Waals surface area contributed by atoms with Crippen molar-refractivity contribution in [2.24, 2.45) is 17.3 Å². The summed E-state index contributed by atoms with van der Waals surface area (Å²) in [5.74, 6) is -6.32. The molecule has 5 nitrogen and oxygen atoms in total. The fourth-order valence-corrected chi connectivity index (χ4v) is 9.27. The Morgan fingerprint density at radius 1 is 1.00 bits per heavy atom. The Morgan fingerprint density at radius 2 is 1.73 bits per heavy atom. The van der Waals surface area contributed by atoms with Gasteiger partial charge in [-0.15, -0.1) is 0 Å². The molecule has 240 valence electrons. The molecule has 1 amide bonds. The third kappa shape index (κ3) is 4.95. The minimum atomic E-state index is -5.86. The van der Waals surface area contributed by atoms with Crippen molar-refractivity contribution >= 4 is 11.7 Å². The Morgan fingerprint density at radius 3 is 2.41 bits per heavy atom. The lowest BCUT2D eigenvalue weighted by Gasteiger charge is -2.56. The molecule has 1 aliphatic heterocycles.